The third-order valence-corrected chi connectivity index (χ3v) is 7.68. The number of halogens is 3. The molecule has 2 aromatic heterocycles. The molecule has 2 aliphatic rings. The van der Waals surface area contributed by atoms with Crippen molar-refractivity contribution in [1.82, 2.24) is 15.0 Å². The molecule has 1 aliphatic carbocycles. The second-order valence-electron chi connectivity index (χ2n) is 9.67. The first kappa shape index (κ1) is 22.6. The highest BCUT2D eigenvalue weighted by Gasteiger charge is 2.47. The lowest BCUT2D eigenvalue weighted by Crippen LogP contribution is -2.42. The molecule has 6 nitrogen and oxygen atoms in total. The average Bonchev–Trinajstić information content (AvgIpc) is 3.44. The molecule has 0 saturated carbocycles. The van der Waals surface area contributed by atoms with Crippen molar-refractivity contribution in [2.75, 3.05) is 18.0 Å². The highest BCUT2D eigenvalue weighted by molar-refractivity contribution is 5.80. The van der Waals surface area contributed by atoms with E-state index in [1.54, 1.807) is 6.20 Å². The number of hydrogen-bond donors (Lipinski definition) is 2. The van der Waals surface area contributed by atoms with E-state index >= 15 is 0 Å². The number of rotatable bonds is 3. The first-order chi connectivity index (χ1) is 17.2. The normalized spacial score (nSPS) is 19.1. The molecule has 4 aromatic rings. The summed E-state index contributed by atoms with van der Waals surface area (Å²) in [5, 5.41) is 9.74. The molecule has 1 fully saturated rings. The quantitative estimate of drug-likeness (QED) is 0.380. The van der Waals surface area contributed by atoms with Crippen molar-refractivity contribution >= 4 is 22.8 Å². The molecule has 2 N–H and O–H groups in total. The number of fused-ring (bicyclic) bond motifs is 3. The minimum atomic E-state index is -4.41. The number of hydrogen-bond acceptors (Lipinski definition) is 4. The van der Waals surface area contributed by atoms with E-state index in [1.807, 2.05) is 30.3 Å². The summed E-state index contributed by atoms with van der Waals surface area (Å²) in [4.78, 5) is 26.0. The fourth-order valence-electron chi connectivity index (χ4n) is 5.79. The average molecular weight is 493 g/mol. The van der Waals surface area contributed by atoms with Gasteiger partial charge in [-0.15, -0.1) is 0 Å². The molecule has 1 aliphatic heterocycles. The zero-order valence-electron chi connectivity index (χ0n) is 19.2. The van der Waals surface area contributed by atoms with Crippen LogP contribution >= 0.6 is 0 Å². The molecule has 1 spiro atoms. The van der Waals surface area contributed by atoms with Crippen molar-refractivity contribution in [3.8, 4) is 11.4 Å². The molecule has 2 aromatic carbocycles. The number of nitrogens with zero attached hydrogens (tertiary/aromatic N) is 3. The lowest BCUT2D eigenvalue weighted by Gasteiger charge is -2.40. The zero-order valence-corrected chi connectivity index (χ0v) is 19.2. The first-order valence-electron chi connectivity index (χ1n) is 11.8. The van der Waals surface area contributed by atoms with Crippen LogP contribution in [0.4, 0.5) is 19.0 Å². The summed E-state index contributed by atoms with van der Waals surface area (Å²) in [5.41, 5.74) is 2.72. The lowest BCUT2D eigenvalue weighted by atomic mass is 9.73. The van der Waals surface area contributed by atoms with Crippen molar-refractivity contribution in [3.63, 3.8) is 0 Å². The Kier molecular flexibility index (Phi) is 5.07. The highest BCUT2D eigenvalue weighted by atomic mass is 19.4. The van der Waals surface area contributed by atoms with E-state index in [1.165, 1.54) is 11.6 Å². The summed E-state index contributed by atoms with van der Waals surface area (Å²) in [6.07, 6.45) is -0.410. The van der Waals surface area contributed by atoms with Crippen molar-refractivity contribution in [2.45, 2.75) is 36.8 Å². The smallest absolute Gasteiger partial charge is 0.416 e. The SMILES string of the molecule is O=C(O)C1CC2(CCN(c3ccc(-c4nc5ccc(C(F)(F)F)cc5[nH]4)cn3)CC2)c2ccccc21. The lowest BCUT2D eigenvalue weighted by molar-refractivity contribution is -0.139. The number of carboxylic acids is 1. The number of anilines is 1. The Morgan fingerprint density at radius 3 is 2.56 bits per heavy atom. The topological polar surface area (TPSA) is 82.1 Å². The number of nitrogens with one attached hydrogen (secondary N) is 1. The Labute approximate surface area is 204 Å². The standard InChI is InChI=1S/C27H23F3N4O2/c28-27(29,30)17-6-7-21-22(13-17)33-24(32-21)16-5-8-23(31-15-16)34-11-9-26(10-12-34)14-19(25(35)36)18-3-1-2-4-20(18)26/h1-8,13,15,19H,9-12,14H2,(H,32,33)(H,35,36). The predicted molar refractivity (Wildman–Crippen MR) is 129 cm³/mol. The summed E-state index contributed by atoms with van der Waals surface area (Å²) in [6, 6.07) is 15.1. The number of H-pyrrole nitrogens is 1. The zero-order chi connectivity index (χ0) is 25.1. The minimum Gasteiger partial charge on any atom is -0.481 e. The second-order valence-corrected chi connectivity index (χ2v) is 9.67. The molecule has 6 rings (SSSR count). The van der Waals surface area contributed by atoms with Gasteiger partial charge in [0.15, 0.2) is 0 Å². The molecule has 0 radical (unpaired) electrons. The van der Waals surface area contributed by atoms with Gasteiger partial charge in [-0.1, -0.05) is 24.3 Å². The Balaban J connectivity index is 1.19. The van der Waals surface area contributed by atoms with Crippen molar-refractivity contribution in [3.05, 3.63) is 77.5 Å². The number of carboxylic acid groups (broad SMARTS) is 1. The summed E-state index contributed by atoms with van der Waals surface area (Å²) < 4.78 is 39.0. The molecule has 1 atom stereocenters. The number of alkyl halides is 3. The van der Waals surface area contributed by atoms with Crippen molar-refractivity contribution < 1.29 is 23.1 Å². The van der Waals surface area contributed by atoms with E-state index in [9.17, 15) is 23.1 Å². The maximum atomic E-state index is 13.0. The highest BCUT2D eigenvalue weighted by Crippen LogP contribution is 2.52. The van der Waals surface area contributed by atoms with Gasteiger partial charge in [0.05, 0.1) is 22.5 Å². The number of aromatic nitrogens is 3. The van der Waals surface area contributed by atoms with E-state index in [2.05, 4.69) is 25.9 Å². The number of piperidine rings is 1. The second kappa shape index (κ2) is 8.08. The molecule has 1 unspecified atom stereocenters. The number of benzene rings is 2. The molecule has 36 heavy (non-hydrogen) atoms. The largest absolute Gasteiger partial charge is 0.481 e. The third kappa shape index (κ3) is 3.70. The van der Waals surface area contributed by atoms with E-state index in [0.29, 0.717) is 28.8 Å². The Hall–Kier alpha value is -3.88. The number of carbonyl (C=O) groups is 1. The van der Waals surface area contributed by atoms with E-state index in [4.69, 9.17) is 0 Å². The molecule has 1 saturated heterocycles. The first-order valence-corrected chi connectivity index (χ1v) is 11.8. The van der Waals surface area contributed by atoms with Gasteiger partial charge < -0.3 is 15.0 Å². The summed E-state index contributed by atoms with van der Waals surface area (Å²) >= 11 is 0. The van der Waals surface area contributed by atoms with Gasteiger partial charge in [-0.3, -0.25) is 4.79 Å². The molecular formula is C27H23F3N4O2. The monoisotopic (exact) mass is 492 g/mol. The molecule has 0 amide bonds. The van der Waals surface area contributed by atoms with Gasteiger partial charge in [-0.25, -0.2) is 9.97 Å². The van der Waals surface area contributed by atoms with Gasteiger partial charge in [0.1, 0.15) is 11.6 Å². The summed E-state index contributed by atoms with van der Waals surface area (Å²) in [6.45, 7) is 1.52. The van der Waals surface area contributed by atoms with Gasteiger partial charge in [0.25, 0.3) is 0 Å². The molecule has 9 heteroatoms. The molecule has 0 bridgehead atoms. The van der Waals surface area contributed by atoms with Crippen molar-refractivity contribution in [2.24, 2.45) is 0 Å². The van der Waals surface area contributed by atoms with Gasteiger partial charge in [0.2, 0.25) is 0 Å². The van der Waals surface area contributed by atoms with Crippen LogP contribution in [-0.2, 0) is 16.4 Å². The van der Waals surface area contributed by atoms with Crippen LogP contribution in [0.15, 0.2) is 60.8 Å². The van der Waals surface area contributed by atoms with Crippen molar-refractivity contribution in [1.29, 1.82) is 0 Å². The fraction of sp³-hybridized carbons (Fsp3) is 0.296. The molecule has 3 heterocycles. The minimum absolute atomic E-state index is 0.125. The maximum absolute atomic E-state index is 13.0. The van der Waals surface area contributed by atoms with Crippen LogP contribution in [-0.4, -0.2) is 39.1 Å². The van der Waals surface area contributed by atoms with Gasteiger partial charge in [0, 0.05) is 30.3 Å². The van der Waals surface area contributed by atoms with E-state index in [-0.39, 0.29) is 5.41 Å². The summed E-state index contributed by atoms with van der Waals surface area (Å²) in [7, 11) is 0. The van der Waals surface area contributed by atoms with Crippen LogP contribution in [0, 0.1) is 0 Å². The van der Waals surface area contributed by atoms with Crippen LogP contribution in [0.5, 0.6) is 0 Å². The Bertz CT molecular complexity index is 1450. The van der Waals surface area contributed by atoms with E-state index in [0.717, 1.165) is 49.4 Å². The van der Waals surface area contributed by atoms with E-state index < -0.39 is 23.6 Å². The third-order valence-electron chi connectivity index (χ3n) is 7.68. The number of aliphatic carboxylic acids is 1. The van der Waals surface area contributed by atoms with Gasteiger partial charge in [-0.05, 0) is 60.7 Å². The summed E-state index contributed by atoms with van der Waals surface area (Å²) in [5.74, 6) is 0.0498. The van der Waals surface area contributed by atoms with Crippen LogP contribution in [0.2, 0.25) is 0 Å². The maximum Gasteiger partial charge on any atom is 0.416 e. The van der Waals surface area contributed by atoms with Crippen LogP contribution in [0.1, 0.15) is 41.9 Å². The fourth-order valence-corrected chi connectivity index (χ4v) is 5.79. The number of imidazole rings is 1. The predicted octanol–water partition coefficient (Wildman–Crippen LogP) is 5.75. The Morgan fingerprint density at radius 2 is 1.86 bits per heavy atom. The molecular weight excluding hydrogens is 469 g/mol. The van der Waals surface area contributed by atoms with Crippen LogP contribution in [0.25, 0.3) is 22.4 Å². The van der Waals surface area contributed by atoms with Gasteiger partial charge >= 0.3 is 12.1 Å². The molecule has 184 valence electrons. The number of aromatic amines is 1. The van der Waals surface area contributed by atoms with Crippen LogP contribution < -0.4 is 4.90 Å². The number of pyridine rings is 1. The van der Waals surface area contributed by atoms with Crippen LogP contribution in [0.3, 0.4) is 0 Å². The van der Waals surface area contributed by atoms with Gasteiger partial charge in [-0.2, -0.15) is 13.2 Å². The Morgan fingerprint density at radius 1 is 1.08 bits per heavy atom.